The van der Waals surface area contributed by atoms with Crippen LogP contribution in [0.2, 0.25) is 5.02 Å². The van der Waals surface area contributed by atoms with Gasteiger partial charge in [-0.15, -0.1) is 0 Å². The molecule has 0 atom stereocenters. The van der Waals surface area contributed by atoms with Crippen molar-refractivity contribution >= 4 is 17.3 Å². The molecule has 1 heterocycles. The minimum absolute atomic E-state index is 0.587. The molecule has 0 saturated heterocycles. The minimum atomic E-state index is 0.587. The molecule has 0 aliphatic carbocycles. The second-order valence-corrected chi connectivity index (χ2v) is 4.19. The summed E-state index contributed by atoms with van der Waals surface area (Å²) in [4.78, 5) is 4.33. The molecule has 88 valence electrons. The number of ether oxygens (including phenoxy) is 1. The second-order valence-electron chi connectivity index (χ2n) is 3.78. The molecule has 3 nitrogen and oxygen atoms in total. The van der Waals surface area contributed by atoms with Crippen molar-refractivity contribution < 1.29 is 4.74 Å². The number of hydrogen-bond donors (Lipinski definition) is 1. The number of nitrogen functional groups attached to an aromatic ring is 1. The molecule has 2 N–H and O–H groups in total. The molecule has 0 aliphatic rings. The molecule has 0 fully saturated rings. The predicted octanol–water partition coefficient (Wildman–Crippen LogP) is 3.30. The van der Waals surface area contributed by atoms with E-state index in [9.17, 15) is 0 Å². The third kappa shape index (κ3) is 2.34. The van der Waals surface area contributed by atoms with Crippen LogP contribution in [0.25, 0.3) is 11.3 Å². The molecule has 0 bridgehead atoms. The van der Waals surface area contributed by atoms with Gasteiger partial charge >= 0.3 is 0 Å². The fourth-order valence-electron chi connectivity index (χ4n) is 1.71. The third-order valence-corrected chi connectivity index (χ3v) is 2.84. The molecule has 0 spiro atoms. The number of rotatable bonds is 2. The van der Waals surface area contributed by atoms with E-state index in [4.69, 9.17) is 22.1 Å². The summed E-state index contributed by atoms with van der Waals surface area (Å²) >= 11 is 5.98. The van der Waals surface area contributed by atoms with Gasteiger partial charge in [0.25, 0.3) is 0 Å². The van der Waals surface area contributed by atoms with E-state index in [-0.39, 0.29) is 0 Å². The number of hydrogen-bond acceptors (Lipinski definition) is 3. The monoisotopic (exact) mass is 248 g/mol. The zero-order valence-electron chi connectivity index (χ0n) is 9.70. The molecule has 0 unspecified atom stereocenters. The minimum Gasteiger partial charge on any atom is -0.495 e. The van der Waals surface area contributed by atoms with E-state index in [1.54, 1.807) is 19.4 Å². The Morgan fingerprint density at radius 2 is 2.06 bits per heavy atom. The van der Waals surface area contributed by atoms with Gasteiger partial charge in [0.15, 0.2) is 0 Å². The quantitative estimate of drug-likeness (QED) is 0.887. The summed E-state index contributed by atoms with van der Waals surface area (Å²) in [6, 6.07) is 7.47. The fourth-order valence-corrected chi connectivity index (χ4v) is 1.90. The molecule has 0 saturated carbocycles. The highest BCUT2D eigenvalue weighted by atomic mass is 35.5. The Morgan fingerprint density at radius 3 is 2.71 bits per heavy atom. The maximum Gasteiger partial charge on any atom is 0.138 e. The standard InChI is InChI=1S/C13H13ClN2O/c1-8-5-10(15)7-16-13(8)9-3-4-11(14)12(6-9)17-2/h3-7H,15H2,1-2H3. The first-order chi connectivity index (χ1) is 8.11. The highest BCUT2D eigenvalue weighted by Gasteiger charge is 2.07. The molecule has 4 heteroatoms. The molecular weight excluding hydrogens is 236 g/mol. The number of anilines is 1. The number of aromatic nitrogens is 1. The molecule has 17 heavy (non-hydrogen) atoms. The number of methoxy groups -OCH3 is 1. The van der Waals surface area contributed by atoms with Crippen LogP contribution in [0.1, 0.15) is 5.56 Å². The van der Waals surface area contributed by atoms with Crippen LogP contribution in [0.3, 0.4) is 0 Å². The van der Waals surface area contributed by atoms with Crippen LogP contribution in [-0.4, -0.2) is 12.1 Å². The van der Waals surface area contributed by atoms with Gasteiger partial charge in [0.1, 0.15) is 5.75 Å². The molecule has 2 rings (SSSR count). The summed E-state index contributed by atoms with van der Waals surface area (Å²) in [6.07, 6.45) is 1.64. The van der Waals surface area contributed by atoms with Crippen LogP contribution in [0, 0.1) is 6.92 Å². The van der Waals surface area contributed by atoms with E-state index in [1.165, 1.54) is 0 Å². The van der Waals surface area contributed by atoms with Crippen LogP contribution in [0.15, 0.2) is 30.5 Å². The molecule has 1 aromatic carbocycles. The van der Waals surface area contributed by atoms with Crippen LogP contribution >= 0.6 is 11.6 Å². The van der Waals surface area contributed by atoms with Crippen LogP contribution in [0.4, 0.5) is 5.69 Å². The molecule has 0 aliphatic heterocycles. The van der Waals surface area contributed by atoms with Crippen molar-refractivity contribution in [2.45, 2.75) is 6.92 Å². The Morgan fingerprint density at radius 1 is 1.29 bits per heavy atom. The summed E-state index contributed by atoms with van der Waals surface area (Å²) < 4.78 is 5.19. The summed E-state index contributed by atoms with van der Waals surface area (Å²) in [7, 11) is 1.59. The highest BCUT2D eigenvalue weighted by molar-refractivity contribution is 6.32. The molecular formula is C13H13ClN2O. The van der Waals surface area contributed by atoms with Gasteiger partial charge < -0.3 is 10.5 Å². The van der Waals surface area contributed by atoms with Gasteiger partial charge in [0.2, 0.25) is 0 Å². The summed E-state index contributed by atoms with van der Waals surface area (Å²) in [6.45, 7) is 1.97. The summed E-state index contributed by atoms with van der Waals surface area (Å²) in [5.74, 6) is 0.641. The van der Waals surface area contributed by atoms with Gasteiger partial charge in [-0.25, -0.2) is 0 Å². The van der Waals surface area contributed by atoms with Gasteiger partial charge in [-0.3, -0.25) is 4.98 Å². The van der Waals surface area contributed by atoms with E-state index < -0.39 is 0 Å². The van der Waals surface area contributed by atoms with Gasteiger partial charge in [-0.05, 0) is 30.7 Å². The van der Waals surface area contributed by atoms with E-state index in [1.807, 2.05) is 25.1 Å². The molecule has 0 amide bonds. The summed E-state index contributed by atoms with van der Waals surface area (Å²) in [5.41, 5.74) is 9.20. The molecule has 1 aromatic heterocycles. The first-order valence-corrected chi connectivity index (χ1v) is 5.55. The van der Waals surface area contributed by atoms with Crippen molar-refractivity contribution in [1.29, 1.82) is 0 Å². The molecule has 2 aromatic rings. The fraction of sp³-hybridized carbons (Fsp3) is 0.154. The lowest BCUT2D eigenvalue weighted by Gasteiger charge is -2.08. The van der Waals surface area contributed by atoms with Crippen LogP contribution in [0.5, 0.6) is 5.75 Å². The number of nitrogens with zero attached hydrogens (tertiary/aromatic N) is 1. The topological polar surface area (TPSA) is 48.1 Å². The average molecular weight is 249 g/mol. The Bertz CT molecular complexity index is 555. The van der Waals surface area contributed by atoms with Crippen molar-refractivity contribution in [3.05, 3.63) is 41.0 Å². The Balaban J connectivity index is 2.53. The number of pyridine rings is 1. The van der Waals surface area contributed by atoms with Crippen molar-refractivity contribution in [2.24, 2.45) is 0 Å². The second kappa shape index (κ2) is 4.63. The predicted molar refractivity (Wildman–Crippen MR) is 70.4 cm³/mol. The van der Waals surface area contributed by atoms with Crippen molar-refractivity contribution in [2.75, 3.05) is 12.8 Å². The SMILES string of the molecule is COc1cc(-c2ncc(N)cc2C)ccc1Cl. The average Bonchev–Trinajstić information content (AvgIpc) is 2.30. The molecule has 0 radical (unpaired) electrons. The van der Waals surface area contributed by atoms with Gasteiger partial charge in [-0.1, -0.05) is 17.7 Å². The highest BCUT2D eigenvalue weighted by Crippen LogP contribution is 2.31. The number of halogens is 1. The van der Waals surface area contributed by atoms with Gasteiger partial charge in [0, 0.05) is 5.56 Å². The van der Waals surface area contributed by atoms with Crippen molar-refractivity contribution in [3.63, 3.8) is 0 Å². The lowest BCUT2D eigenvalue weighted by Crippen LogP contribution is -1.93. The first-order valence-electron chi connectivity index (χ1n) is 5.18. The van der Waals surface area contributed by atoms with Crippen LogP contribution in [-0.2, 0) is 0 Å². The zero-order chi connectivity index (χ0) is 12.4. The van der Waals surface area contributed by atoms with Gasteiger partial charge in [0.05, 0.1) is 29.7 Å². The smallest absolute Gasteiger partial charge is 0.138 e. The van der Waals surface area contributed by atoms with E-state index in [2.05, 4.69) is 4.98 Å². The third-order valence-electron chi connectivity index (χ3n) is 2.52. The van der Waals surface area contributed by atoms with Crippen molar-refractivity contribution in [1.82, 2.24) is 4.98 Å². The normalized spacial score (nSPS) is 10.3. The zero-order valence-corrected chi connectivity index (χ0v) is 10.5. The Labute approximate surface area is 105 Å². The van der Waals surface area contributed by atoms with E-state index in [0.717, 1.165) is 16.8 Å². The lowest BCUT2D eigenvalue weighted by atomic mass is 10.1. The van der Waals surface area contributed by atoms with Gasteiger partial charge in [-0.2, -0.15) is 0 Å². The van der Waals surface area contributed by atoms with Crippen LogP contribution < -0.4 is 10.5 Å². The summed E-state index contributed by atoms with van der Waals surface area (Å²) in [5, 5.41) is 0.587. The Kier molecular flexibility index (Phi) is 3.20. The maximum absolute atomic E-state index is 5.98. The van der Waals surface area contributed by atoms with E-state index in [0.29, 0.717) is 16.5 Å². The number of benzene rings is 1. The van der Waals surface area contributed by atoms with Crippen molar-refractivity contribution in [3.8, 4) is 17.0 Å². The number of aryl methyl sites for hydroxylation is 1. The van der Waals surface area contributed by atoms with E-state index >= 15 is 0 Å². The number of nitrogens with two attached hydrogens (primary N) is 1. The maximum atomic E-state index is 5.98. The largest absolute Gasteiger partial charge is 0.495 e. The lowest BCUT2D eigenvalue weighted by molar-refractivity contribution is 0.415. The Hall–Kier alpha value is -1.74. The first kappa shape index (κ1) is 11.7.